The van der Waals surface area contributed by atoms with Gasteiger partial charge in [0.1, 0.15) is 16.4 Å². The summed E-state index contributed by atoms with van der Waals surface area (Å²) < 4.78 is 16.7. The van der Waals surface area contributed by atoms with E-state index >= 15 is 4.39 Å². The molecule has 5 N–H and O–H groups in total. The monoisotopic (exact) mass is 646 g/mol. The number of rotatable bonds is 7. The molecule has 2 aliphatic heterocycles. The zero-order chi connectivity index (χ0) is 31.7. The summed E-state index contributed by atoms with van der Waals surface area (Å²) in [6.45, 7) is 7.79. The van der Waals surface area contributed by atoms with Gasteiger partial charge < -0.3 is 20.8 Å². The van der Waals surface area contributed by atoms with Crippen molar-refractivity contribution in [3.8, 4) is 0 Å². The molecule has 6 rings (SSSR count). The molecule has 238 valence electrons. The van der Waals surface area contributed by atoms with Crippen molar-refractivity contribution in [2.45, 2.75) is 88.3 Å². The lowest BCUT2D eigenvalue weighted by Crippen LogP contribution is -2.63. The molecule has 11 heteroatoms. The third-order valence-corrected chi connectivity index (χ3v) is 11.7. The highest BCUT2D eigenvalue weighted by Crippen LogP contribution is 2.65. The minimum atomic E-state index is -1.42. The maximum absolute atomic E-state index is 16.7. The molecule has 0 radical (unpaired) electrons. The molecule has 0 unspecified atom stereocenters. The number of fused-ring (bicyclic) bond motifs is 3. The standard InChI is InChI=1S/C33H41Cl2FN4O4/c1-19(34)37-11-6-23(36)25-26(27(43)38-21-13-30(14-21)15-31(16-30,17-41)18-42)40-32(9-7-29(2,3)8-10-32)33(25)22-5-4-20(35)12-24(22)39-28(33)44/h4-6,11-12,21,25-26,40-42H,1,7-10,13-18H2,2-3H3,(H,38,43)(H,39,44)/b23-6-,37-11?/t25-,26+,33+/m0/s1. The van der Waals surface area contributed by atoms with E-state index in [0.717, 1.165) is 25.7 Å². The number of allylic oxidation sites excluding steroid dienone is 1. The van der Waals surface area contributed by atoms with Gasteiger partial charge in [-0.25, -0.2) is 9.38 Å². The first-order valence-corrected chi connectivity index (χ1v) is 16.1. The lowest BCUT2D eigenvalue weighted by atomic mass is 9.44. The molecule has 0 aromatic heterocycles. The van der Waals surface area contributed by atoms with E-state index in [-0.39, 0.29) is 47.1 Å². The molecule has 1 aromatic rings. The molecule has 44 heavy (non-hydrogen) atoms. The summed E-state index contributed by atoms with van der Waals surface area (Å²) in [4.78, 5) is 32.5. The van der Waals surface area contributed by atoms with Gasteiger partial charge in [0.2, 0.25) is 11.8 Å². The molecule has 3 atom stereocenters. The number of benzene rings is 1. The van der Waals surface area contributed by atoms with Crippen LogP contribution in [0.2, 0.25) is 5.02 Å². The second-order valence-electron chi connectivity index (χ2n) is 14.8. The van der Waals surface area contributed by atoms with Crippen LogP contribution in [0, 0.1) is 22.2 Å². The summed E-state index contributed by atoms with van der Waals surface area (Å²) >= 11 is 12.1. The molecule has 2 amide bonds. The Morgan fingerprint density at radius 2 is 1.84 bits per heavy atom. The molecule has 3 aliphatic carbocycles. The molecule has 3 spiro atoms. The molecule has 8 nitrogen and oxygen atoms in total. The number of aliphatic hydroxyl groups excluding tert-OH is 2. The fourth-order valence-electron chi connectivity index (χ4n) is 9.38. The van der Waals surface area contributed by atoms with E-state index in [1.807, 2.05) is 0 Å². The molecule has 1 aromatic carbocycles. The first kappa shape index (κ1) is 31.7. The summed E-state index contributed by atoms with van der Waals surface area (Å²) in [6, 6.07) is 4.02. The second-order valence-corrected chi connectivity index (χ2v) is 15.7. The molecule has 0 bridgehead atoms. The summed E-state index contributed by atoms with van der Waals surface area (Å²) in [7, 11) is 0. The lowest BCUT2D eigenvalue weighted by Gasteiger charge is -2.62. The van der Waals surface area contributed by atoms with E-state index in [0.29, 0.717) is 42.0 Å². The van der Waals surface area contributed by atoms with Crippen LogP contribution in [-0.4, -0.2) is 59.1 Å². The van der Waals surface area contributed by atoms with Gasteiger partial charge in [-0.3, -0.25) is 14.9 Å². The van der Waals surface area contributed by atoms with Crippen molar-refractivity contribution in [1.82, 2.24) is 10.6 Å². The van der Waals surface area contributed by atoms with Crippen LogP contribution in [0.5, 0.6) is 0 Å². The van der Waals surface area contributed by atoms with Gasteiger partial charge in [0.15, 0.2) is 0 Å². The summed E-state index contributed by atoms with van der Waals surface area (Å²) in [5, 5.41) is 29.6. The summed E-state index contributed by atoms with van der Waals surface area (Å²) in [5.41, 5.74) is -1.58. The largest absolute Gasteiger partial charge is 0.396 e. The number of hydrogen-bond donors (Lipinski definition) is 5. The van der Waals surface area contributed by atoms with Crippen LogP contribution in [0.25, 0.3) is 0 Å². The predicted molar refractivity (Wildman–Crippen MR) is 169 cm³/mol. The lowest BCUT2D eigenvalue weighted by molar-refractivity contribution is -0.157. The fraction of sp³-hybridized carbons (Fsp3) is 0.606. The highest BCUT2D eigenvalue weighted by molar-refractivity contribution is 6.31. The van der Waals surface area contributed by atoms with E-state index in [1.54, 1.807) is 18.2 Å². The number of nitrogens with zero attached hydrogens (tertiary/aromatic N) is 1. The topological polar surface area (TPSA) is 123 Å². The van der Waals surface area contributed by atoms with E-state index < -0.39 is 34.2 Å². The van der Waals surface area contributed by atoms with Crippen molar-refractivity contribution >= 4 is 46.9 Å². The second kappa shape index (κ2) is 10.9. The average molecular weight is 648 g/mol. The highest BCUT2D eigenvalue weighted by Gasteiger charge is 2.73. The zero-order valence-electron chi connectivity index (χ0n) is 25.2. The first-order chi connectivity index (χ1) is 20.7. The Balaban J connectivity index is 1.38. The zero-order valence-corrected chi connectivity index (χ0v) is 26.7. The highest BCUT2D eigenvalue weighted by atomic mass is 35.5. The van der Waals surface area contributed by atoms with Crippen molar-refractivity contribution < 1.29 is 24.2 Å². The number of halogens is 3. The molecule has 4 fully saturated rings. The Kier molecular flexibility index (Phi) is 7.85. The molecular weight excluding hydrogens is 606 g/mol. The first-order valence-electron chi connectivity index (χ1n) is 15.4. The van der Waals surface area contributed by atoms with Crippen LogP contribution in [0.15, 0.2) is 46.8 Å². The van der Waals surface area contributed by atoms with Crippen LogP contribution < -0.4 is 16.0 Å². The molecule has 1 saturated heterocycles. The number of carbonyl (C=O) groups excluding carboxylic acids is 2. The Morgan fingerprint density at radius 3 is 2.45 bits per heavy atom. The summed E-state index contributed by atoms with van der Waals surface area (Å²) in [5.74, 6) is -2.54. The van der Waals surface area contributed by atoms with Gasteiger partial charge in [-0.05, 0) is 86.0 Å². The Labute approximate surface area is 267 Å². The minimum Gasteiger partial charge on any atom is -0.396 e. The van der Waals surface area contributed by atoms with E-state index in [4.69, 9.17) is 23.2 Å². The predicted octanol–water partition coefficient (Wildman–Crippen LogP) is 5.12. The van der Waals surface area contributed by atoms with Gasteiger partial charge in [0, 0.05) is 33.9 Å². The normalized spacial score (nSPS) is 31.2. The number of amides is 2. The van der Waals surface area contributed by atoms with Crippen LogP contribution in [0.1, 0.15) is 70.8 Å². The van der Waals surface area contributed by atoms with Gasteiger partial charge >= 0.3 is 0 Å². The molecule has 5 aliphatic rings. The third-order valence-electron chi connectivity index (χ3n) is 11.4. The van der Waals surface area contributed by atoms with Gasteiger partial charge in [0.25, 0.3) is 0 Å². The van der Waals surface area contributed by atoms with Crippen LogP contribution in [0.4, 0.5) is 10.1 Å². The van der Waals surface area contributed by atoms with Gasteiger partial charge in [-0.2, -0.15) is 0 Å². The SMILES string of the molecule is C=C(Cl)N=C/C=C(\F)[C@H]1[C@H](C(=O)NC2CC3(C2)CC(CO)(CO)C3)NC2(CCC(C)(C)CC2)[C@@]12C(=O)Nc1cc(Cl)ccc12. The number of carbonyl (C=O) groups is 2. The number of aliphatic hydroxyl groups is 2. The van der Waals surface area contributed by atoms with Crippen molar-refractivity contribution in [2.24, 2.45) is 27.2 Å². The number of hydrogen-bond acceptors (Lipinski definition) is 6. The average Bonchev–Trinajstić information content (AvgIpc) is 3.38. The third kappa shape index (κ3) is 4.85. The smallest absolute Gasteiger partial charge is 0.238 e. The Morgan fingerprint density at radius 1 is 1.18 bits per heavy atom. The van der Waals surface area contributed by atoms with Crippen molar-refractivity contribution in [2.75, 3.05) is 18.5 Å². The maximum Gasteiger partial charge on any atom is 0.238 e. The Hall–Kier alpha value is -2.30. The van der Waals surface area contributed by atoms with Crippen molar-refractivity contribution in [1.29, 1.82) is 0 Å². The molecule has 2 heterocycles. The van der Waals surface area contributed by atoms with Crippen LogP contribution >= 0.6 is 23.2 Å². The maximum atomic E-state index is 16.7. The minimum absolute atomic E-state index is 0.00156. The van der Waals surface area contributed by atoms with Gasteiger partial charge in [0.05, 0.1) is 25.2 Å². The quantitative estimate of drug-likeness (QED) is 0.208. The van der Waals surface area contributed by atoms with Crippen LogP contribution in [-0.2, 0) is 15.0 Å². The van der Waals surface area contributed by atoms with Crippen molar-refractivity contribution in [3.63, 3.8) is 0 Å². The van der Waals surface area contributed by atoms with Crippen molar-refractivity contribution in [3.05, 3.63) is 52.4 Å². The number of anilines is 1. The molecular formula is C33H41Cl2FN4O4. The number of aliphatic imine (C=N–C) groups is 1. The van der Waals surface area contributed by atoms with E-state index in [2.05, 4.69) is 41.4 Å². The number of nitrogens with one attached hydrogen (secondary N) is 3. The van der Waals surface area contributed by atoms with E-state index in [9.17, 15) is 19.8 Å². The van der Waals surface area contributed by atoms with Gasteiger partial charge in [-0.15, -0.1) is 0 Å². The van der Waals surface area contributed by atoms with Crippen LogP contribution in [0.3, 0.4) is 0 Å². The Bertz CT molecular complexity index is 1430. The van der Waals surface area contributed by atoms with Gasteiger partial charge in [-0.1, -0.05) is 49.7 Å². The summed E-state index contributed by atoms with van der Waals surface area (Å²) in [6.07, 6.45) is 8.01. The van der Waals surface area contributed by atoms with E-state index in [1.165, 1.54) is 12.3 Å². The molecule has 3 saturated carbocycles. The fourth-order valence-corrected chi connectivity index (χ4v) is 9.61.